The summed E-state index contributed by atoms with van der Waals surface area (Å²) in [4.78, 5) is 11.3. The quantitative estimate of drug-likeness (QED) is 0.419. The highest BCUT2D eigenvalue weighted by Crippen LogP contribution is 2.06. The number of carbonyl (C=O) groups is 1. The first-order valence-corrected chi connectivity index (χ1v) is 8.16. The van der Waals surface area contributed by atoms with Crippen molar-refractivity contribution in [3.05, 3.63) is 35.9 Å². The van der Waals surface area contributed by atoms with Crippen LogP contribution in [0.2, 0.25) is 0 Å². The molecule has 1 aromatic rings. The third-order valence-corrected chi connectivity index (χ3v) is 3.39. The number of ether oxygens (including phenoxy) is 2. The summed E-state index contributed by atoms with van der Waals surface area (Å²) in [7, 11) is 0. The van der Waals surface area contributed by atoms with Crippen LogP contribution in [0.5, 0.6) is 0 Å². The molecule has 0 radical (unpaired) electrons. The lowest BCUT2D eigenvalue weighted by Gasteiger charge is -2.06. The van der Waals surface area contributed by atoms with Crippen LogP contribution in [0, 0.1) is 0 Å². The number of aryl methyl sites for hydroxylation is 1. The smallest absolute Gasteiger partial charge is 0.434 e. The predicted octanol–water partition coefficient (Wildman–Crippen LogP) is 5.13. The van der Waals surface area contributed by atoms with Gasteiger partial charge in [0.25, 0.3) is 0 Å². The summed E-state index contributed by atoms with van der Waals surface area (Å²) in [6, 6.07) is 10.5. The Labute approximate surface area is 128 Å². The van der Waals surface area contributed by atoms with Crippen LogP contribution < -0.4 is 0 Å². The monoisotopic (exact) mass is 292 g/mol. The first kappa shape index (κ1) is 17.5. The van der Waals surface area contributed by atoms with Gasteiger partial charge in [-0.2, -0.15) is 0 Å². The maximum Gasteiger partial charge on any atom is 0.508 e. The van der Waals surface area contributed by atoms with Crippen molar-refractivity contribution in [2.75, 3.05) is 13.2 Å². The van der Waals surface area contributed by atoms with Gasteiger partial charge < -0.3 is 9.47 Å². The van der Waals surface area contributed by atoms with Crippen LogP contribution in [0.25, 0.3) is 0 Å². The molecule has 3 heteroatoms. The number of carbonyl (C=O) groups excluding carboxylic acids is 1. The normalized spacial score (nSPS) is 10.3. The van der Waals surface area contributed by atoms with Crippen LogP contribution in [-0.4, -0.2) is 19.4 Å². The van der Waals surface area contributed by atoms with Crippen molar-refractivity contribution >= 4 is 6.16 Å². The molecular formula is C18H28O3. The van der Waals surface area contributed by atoms with Crippen LogP contribution in [0.3, 0.4) is 0 Å². The summed E-state index contributed by atoms with van der Waals surface area (Å²) < 4.78 is 10.0. The summed E-state index contributed by atoms with van der Waals surface area (Å²) in [5.74, 6) is 0. The molecule has 0 aliphatic heterocycles. The Morgan fingerprint density at radius 2 is 1.48 bits per heavy atom. The molecule has 1 aromatic carbocycles. The van der Waals surface area contributed by atoms with Gasteiger partial charge in [-0.25, -0.2) is 4.79 Å². The summed E-state index contributed by atoms with van der Waals surface area (Å²) in [5.41, 5.74) is 1.37. The van der Waals surface area contributed by atoms with E-state index < -0.39 is 6.16 Å². The molecule has 0 aliphatic rings. The van der Waals surface area contributed by atoms with Crippen LogP contribution in [0.15, 0.2) is 30.3 Å². The lowest BCUT2D eigenvalue weighted by atomic mass is 10.1. The number of hydrogen-bond donors (Lipinski definition) is 0. The number of rotatable bonds is 11. The van der Waals surface area contributed by atoms with Crippen LogP contribution in [-0.2, 0) is 15.9 Å². The van der Waals surface area contributed by atoms with Gasteiger partial charge in [0.15, 0.2) is 0 Å². The molecule has 0 atom stereocenters. The van der Waals surface area contributed by atoms with Crippen LogP contribution in [0.4, 0.5) is 4.79 Å². The zero-order valence-corrected chi connectivity index (χ0v) is 13.2. The van der Waals surface area contributed by atoms with E-state index in [-0.39, 0.29) is 0 Å². The van der Waals surface area contributed by atoms with Crippen molar-refractivity contribution in [2.45, 2.75) is 58.3 Å². The van der Waals surface area contributed by atoms with Crippen molar-refractivity contribution in [1.82, 2.24) is 0 Å². The minimum Gasteiger partial charge on any atom is -0.434 e. The van der Waals surface area contributed by atoms with Gasteiger partial charge in [0, 0.05) is 0 Å². The molecule has 1 rings (SSSR count). The maximum absolute atomic E-state index is 11.3. The van der Waals surface area contributed by atoms with E-state index in [1.807, 2.05) is 6.07 Å². The fourth-order valence-corrected chi connectivity index (χ4v) is 2.13. The fourth-order valence-electron chi connectivity index (χ4n) is 2.13. The molecule has 0 amide bonds. The number of benzene rings is 1. The van der Waals surface area contributed by atoms with Gasteiger partial charge >= 0.3 is 6.16 Å². The molecule has 0 saturated heterocycles. The Bertz CT molecular complexity index is 362. The second-order valence-electron chi connectivity index (χ2n) is 5.30. The SMILES string of the molecule is CCCCCCOC(=O)OCCCCCc1ccccc1. The molecule has 0 fully saturated rings. The summed E-state index contributed by atoms with van der Waals surface area (Å²) in [5, 5.41) is 0. The molecule has 0 saturated carbocycles. The zero-order valence-electron chi connectivity index (χ0n) is 13.2. The van der Waals surface area contributed by atoms with E-state index in [2.05, 4.69) is 31.2 Å². The highest BCUT2D eigenvalue weighted by molar-refractivity contribution is 5.59. The molecule has 3 nitrogen and oxygen atoms in total. The average Bonchev–Trinajstić information content (AvgIpc) is 2.51. The van der Waals surface area contributed by atoms with E-state index in [1.165, 1.54) is 18.4 Å². The van der Waals surface area contributed by atoms with E-state index in [0.29, 0.717) is 13.2 Å². The fraction of sp³-hybridized carbons (Fsp3) is 0.611. The summed E-state index contributed by atoms with van der Waals surface area (Å²) in [6.45, 7) is 3.10. The molecular weight excluding hydrogens is 264 g/mol. The van der Waals surface area contributed by atoms with Gasteiger partial charge in [-0.15, -0.1) is 0 Å². The third kappa shape index (κ3) is 9.94. The maximum atomic E-state index is 11.3. The van der Waals surface area contributed by atoms with Gasteiger partial charge in [-0.1, -0.05) is 56.5 Å². The molecule has 0 N–H and O–H groups in total. The summed E-state index contributed by atoms with van der Waals surface area (Å²) >= 11 is 0. The lowest BCUT2D eigenvalue weighted by Crippen LogP contribution is -2.09. The van der Waals surface area contributed by atoms with E-state index in [9.17, 15) is 4.79 Å². The molecule has 0 unspecified atom stereocenters. The molecule has 118 valence electrons. The second kappa shape index (κ2) is 12.2. The third-order valence-electron chi connectivity index (χ3n) is 3.39. The van der Waals surface area contributed by atoms with Gasteiger partial charge in [-0.05, 0) is 37.7 Å². The van der Waals surface area contributed by atoms with E-state index in [4.69, 9.17) is 9.47 Å². The minimum absolute atomic E-state index is 0.461. The van der Waals surface area contributed by atoms with Gasteiger partial charge in [0.2, 0.25) is 0 Å². The standard InChI is InChI=1S/C18H28O3/c1-2-3-4-10-15-20-18(19)21-16-11-6-9-14-17-12-7-5-8-13-17/h5,7-8,12-13H,2-4,6,9-11,14-16H2,1H3. The molecule has 0 bridgehead atoms. The van der Waals surface area contributed by atoms with Crippen LogP contribution >= 0.6 is 0 Å². The van der Waals surface area contributed by atoms with Crippen molar-refractivity contribution < 1.29 is 14.3 Å². The zero-order chi connectivity index (χ0) is 15.2. The molecule has 0 aromatic heterocycles. The lowest BCUT2D eigenvalue weighted by molar-refractivity contribution is 0.0529. The topological polar surface area (TPSA) is 35.5 Å². The first-order chi connectivity index (χ1) is 10.3. The molecule has 0 spiro atoms. The Hall–Kier alpha value is -1.51. The molecule has 21 heavy (non-hydrogen) atoms. The van der Waals surface area contributed by atoms with Gasteiger partial charge in [0.1, 0.15) is 0 Å². The van der Waals surface area contributed by atoms with Gasteiger partial charge in [-0.3, -0.25) is 0 Å². The van der Waals surface area contributed by atoms with E-state index >= 15 is 0 Å². The molecule has 0 aliphatic carbocycles. The van der Waals surface area contributed by atoms with Gasteiger partial charge in [0.05, 0.1) is 13.2 Å². The van der Waals surface area contributed by atoms with Crippen molar-refractivity contribution in [3.8, 4) is 0 Å². The average molecular weight is 292 g/mol. The Balaban J connectivity index is 1.88. The Morgan fingerprint density at radius 3 is 2.10 bits per heavy atom. The second-order valence-corrected chi connectivity index (χ2v) is 5.30. The minimum atomic E-state index is -0.519. The largest absolute Gasteiger partial charge is 0.508 e. The Morgan fingerprint density at radius 1 is 0.857 bits per heavy atom. The first-order valence-electron chi connectivity index (χ1n) is 8.16. The van der Waals surface area contributed by atoms with E-state index in [0.717, 1.165) is 38.5 Å². The van der Waals surface area contributed by atoms with Crippen molar-refractivity contribution in [2.24, 2.45) is 0 Å². The van der Waals surface area contributed by atoms with Crippen molar-refractivity contribution in [1.29, 1.82) is 0 Å². The van der Waals surface area contributed by atoms with Crippen LogP contribution in [0.1, 0.15) is 57.4 Å². The van der Waals surface area contributed by atoms with E-state index in [1.54, 1.807) is 0 Å². The molecule has 0 heterocycles. The number of unbranched alkanes of at least 4 members (excludes halogenated alkanes) is 5. The predicted molar refractivity (Wildman–Crippen MR) is 85.4 cm³/mol. The summed E-state index contributed by atoms with van der Waals surface area (Å²) in [6.07, 6.45) is 8.09. The number of hydrogen-bond acceptors (Lipinski definition) is 3. The Kier molecular flexibility index (Phi) is 10.2. The highest BCUT2D eigenvalue weighted by atomic mass is 16.7. The van der Waals surface area contributed by atoms with Crippen molar-refractivity contribution in [3.63, 3.8) is 0 Å². The highest BCUT2D eigenvalue weighted by Gasteiger charge is 2.02.